The van der Waals surface area contributed by atoms with Gasteiger partial charge in [0.15, 0.2) is 0 Å². The Morgan fingerprint density at radius 2 is 1.81 bits per heavy atom. The van der Waals surface area contributed by atoms with Crippen LogP contribution in [0.3, 0.4) is 0 Å². The highest BCUT2D eigenvalue weighted by Crippen LogP contribution is 2.42. The summed E-state index contributed by atoms with van der Waals surface area (Å²) in [6, 6.07) is 11.0. The molecule has 0 aliphatic heterocycles. The molecule has 0 aromatic heterocycles. The minimum absolute atomic E-state index is 0.224. The highest BCUT2D eigenvalue weighted by atomic mass is 14.9. The van der Waals surface area contributed by atoms with Gasteiger partial charge in [0.05, 0.1) is 0 Å². The molecule has 0 amide bonds. The zero-order valence-corrected chi connectivity index (χ0v) is 10.7. The topological polar surface area (TPSA) is 12.0 Å². The first-order valence-electron chi connectivity index (χ1n) is 6.36. The summed E-state index contributed by atoms with van der Waals surface area (Å²) < 4.78 is 0. The van der Waals surface area contributed by atoms with Gasteiger partial charge in [-0.25, -0.2) is 0 Å². The van der Waals surface area contributed by atoms with E-state index in [2.05, 4.69) is 56.4 Å². The van der Waals surface area contributed by atoms with Gasteiger partial charge in [0.2, 0.25) is 0 Å². The van der Waals surface area contributed by atoms with Crippen LogP contribution in [0.4, 0.5) is 0 Å². The SMILES string of the molecule is CC(C)(C)NCC(c1ccccc1)C1CC1. The molecule has 0 spiro atoms. The Labute approximate surface area is 99.3 Å². The summed E-state index contributed by atoms with van der Waals surface area (Å²) in [7, 11) is 0. The van der Waals surface area contributed by atoms with Crippen molar-refractivity contribution in [3.05, 3.63) is 35.9 Å². The largest absolute Gasteiger partial charge is 0.311 e. The van der Waals surface area contributed by atoms with Crippen LogP contribution in [0.25, 0.3) is 0 Å². The molecule has 88 valence electrons. The van der Waals surface area contributed by atoms with Crippen molar-refractivity contribution in [2.24, 2.45) is 5.92 Å². The van der Waals surface area contributed by atoms with Crippen molar-refractivity contribution in [2.75, 3.05) is 6.54 Å². The van der Waals surface area contributed by atoms with Crippen LogP contribution in [0.15, 0.2) is 30.3 Å². The summed E-state index contributed by atoms with van der Waals surface area (Å²) in [4.78, 5) is 0. The van der Waals surface area contributed by atoms with E-state index < -0.39 is 0 Å². The van der Waals surface area contributed by atoms with Crippen molar-refractivity contribution in [3.8, 4) is 0 Å². The van der Waals surface area contributed by atoms with Gasteiger partial charge in [0.1, 0.15) is 0 Å². The Kier molecular flexibility index (Phi) is 3.34. The van der Waals surface area contributed by atoms with E-state index in [1.54, 1.807) is 0 Å². The lowest BCUT2D eigenvalue weighted by Crippen LogP contribution is -2.39. The van der Waals surface area contributed by atoms with Crippen LogP contribution in [-0.2, 0) is 0 Å². The molecular weight excluding hydrogens is 194 g/mol. The summed E-state index contributed by atoms with van der Waals surface area (Å²) in [5, 5.41) is 3.64. The Hall–Kier alpha value is -0.820. The zero-order chi connectivity index (χ0) is 11.6. The monoisotopic (exact) mass is 217 g/mol. The fraction of sp³-hybridized carbons (Fsp3) is 0.600. The lowest BCUT2D eigenvalue weighted by molar-refractivity contribution is 0.393. The summed E-state index contributed by atoms with van der Waals surface area (Å²) in [5.74, 6) is 1.62. The van der Waals surface area contributed by atoms with E-state index in [0.29, 0.717) is 5.92 Å². The van der Waals surface area contributed by atoms with Gasteiger partial charge in [-0.3, -0.25) is 0 Å². The van der Waals surface area contributed by atoms with Gasteiger partial charge in [-0.1, -0.05) is 30.3 Å². The van der Waals surface area contributed by atoms with Gasteiger partial charge in [0, 0.05) is 12.1 Å². The summed E-state index contributed by atoms with van der Waals surface area (Å²) in [6.45, 7) is 7.82. The molecular formula is C15H23N. The van der Waals surface area contributed by atoms with E-state index in [-0.39, 0.29) is 5.54 Å². The van der Waals surface area contributed by atoms with Gasteiger partial charge >= 0.3 is 0 Å². The lowest BCUT2D eigenvalue weighted by atomic mass is 9.93. The lowest BCUT2D eigenvalue weighted by Gasteiger charge is -2.25. The number of hydrogen-bond acceptors (Lipinski definition) is 1. The summed E-state index contributed by atoms with van der Waals surface area (Å²) in [6.07, 6.45) is 2.82. The molecule has 0 radical (unpaired) electrons. The van der Waals surface area contributed by atoms with Gasteiger partial charge < -0.3 is 5.32 Å². The minimum atomic E-state index is 0.224. The predicted molar refractivity (Wildman–Crippen MR) is 69.7 cm³/mol. The average molecular weight is 217 g/mol. The Bertz CT molecular complexity index is 319. The molecule has 1 saturated carbocycles. The normalized spacial score (nSPS) is 18.4. The molecule has 1 aliphatic carbocycles. The standard InChI is InChI=1S/C15H23N/c1-15(2,3)16-11-14(13-9-10-13)12-7-5-4-6-8-12/h4-8,13-14,16H,9-11H2,1-3H3. The Morgan fingerprint density at radius 1 is 1.19 bits per heavy atom. The van der Waals surface area contributed by atoms with E-state index in [9.17, 15) is 0 Å². The first-order chi connectivity index (χ1) is 7.56. The first kappa shape index (κ1) is 11.7. The highest BCUT2D eigenvalue weighted by molar-refractivity contribution is 5.22. The van der Waals surface area contributed by atoms with Gasteiger partial charge in [-0.15, -0.1) is 0 Å². The second kappa shape index (κ2) is 4.58. The van der Waals surface area contributed by atoms with E-state index >= 15 is 0 Å². The van der Waals surface area contributed by atoms with Crippen LogP contribution < -0.4 is 5.32 Å². The maximum Gasteiger partial charge on any atom is 0.00967 e. The molecule has 1 aromatic rings. The minimum Gasteiger partial charge on any atom is -0.311 e. The summed E-state index contributed by atoms with van der Waals surface area (Å²) >= 11 is 0. The van der Waals surface area contributed by atoms with Crippen LogP contribution in [0.5, 0.6) is 0 Å². The molecule has 2 rings (SSSR count). The third-order valence-electron chi connectivity index (χ3n) is 3.27. The van der Waals surface area contributed by atoms with E-state index in [1.807, 2.05) is 0 Å². The van der Waals surface area contributed by atoms with Crippen LogP contribution in [0.2, 0.25) is 0 Å². The van der Waals surface area contributed by atoms with Crippen molar-refractivity contribution in [3.63, 3.8) is 0 Å². The smallest absolute Gasteiger partial charge is 0.00967 e. The molecule has 1 nitrogen and oxygen atoms in total. The average Bonchev–Trinajstić information content (AvgIpc) is 3.02. The fourth-order valence-electron chi connectivity index (χ4n) is 2.17. The Morgan fingerprint density at radius 3 is 2.31 bits per heavy atom. The fourth-order valence-corrected chi connectivity index (χ4v) is 2.17. The van der Waals surface area contributed by atoms with E-state index in [4.69, 9.17) is 0 Å². The molecule has 0 saturated heterocycles. The second-order valence-electron chi connectivity index (χ2n) is 5.99. The van der Waals surface area contributed by atoms with Gasteiger partial charge in [-0.2, -0.15) is 0 Å². The quantitative estimate of drug-likeness (QED) is 0.813. The number of hydrogen-bond donors (Lipinski definition) is 1. The van der Waals surface area contributed by atoms with Crippen LogP contribution >= 0.6 is 0 Å². The third-order valence-corrected chi connectivity index (χ3v) is 3.27. The third kappa shape index (κ3) is 3.34. The molecule has 1 fully saturated rings. The Balaban J connectivity index is 2.01. The maximum atomic E-state index is 3.64. The van der Waals surface area contributed by atoms with E-state index in [1.165, 1.54) is 18.4 Å². The molecule has 1 N–H and O–H groups in total. The number of benzene rings is 1. The highest BCUT2D eigenvalue weighted by Gasteiger charge is 2.32. The molecule has 1 atom stereocenters. The zero-order valence-electron chi connectivity index (χ0n) is 10.7. The van der Waals surface area contributed by atoms with E-state index in [0.717, 1.165) is 12.5 Å². The number of rotatable bonds is 4. The van der Waals surface area contributed by atoms with Crippen LogP contribution in [-0.4, -0.2) is 12.1 Å². The molecule has 1 unspecified atom stereocenters. The van der Waals surface area contributed by atoms with Crippen molar-refractivity contribution >= 4 is 0 Å². The molecule has 16 heavy (non-hydrogen) atoms. The van der Waals surface area contributed by atoms with Crippen molar-refractivity contribution in [2.45, 2.75) is 45.1 Å². The van der Waals surface area contributed by atoms with Crippen LogP contribution in [0.1, 0.15) is 45.1 Å². The molecule has 1 aromatic carbocycles. The maximum absolute atomic E-state index is 3.64. The van der Waals surface area contributed by atoms with Crippen molar-refractivity contribution < 1.29 is 0 Å². The van der Waals surface area contributed by atoms with Crippen molar-refractivity contribution in [1.82, 2.24) is 5.32 Å². The molecule has 1 heteroatoms. The first-order valence-corrected chi connectivity index (χ1v) is 6.36. The molecule has 0 heterocycles. The van der Waals surface area contributed by atoms with Crippen LogP contribution in [0, 0.1) is 5.92 Å². The summed E-state index contributed by atoms with van der Waals surface area (Å²) in [5.41, 5.74) is 1.73. The molecule has 1 aliphatic rings. The van der Waals surface area contributed by atoms with Gasteiger partial charge in [0.25, 0.3) is 0 Å². The van der Waals surface area contributed by atoms with Crippen molar-refractivity contribution in [1.29, 1.82) is 0 Å². The molecule has 0 bridgehead atoms. The second-order valence-corrected chi connectivity index (χ2v) is 5.99. The predicted octanol–water partition coefficient (Wildman–Crippen LogP) is 3.57. The number of nitrogens with one attached hydrogen (secondary N) is 1. The van der Waals surface area contributed by atoms with Gasteiger partial charge in [-0.05, 0) is 51.0 Å².